The Morgan fingerprint density at radius 2 is 2.24 bits per heavy atom. The molecule has 1 rings (SSSR count). The van der Waals surface area contributed by atoms with Gasteiger partial charge in [-0.3, -0.25) is 4.79 Å². The normalized spacial score (nSPS) is 10.2. The summed E-state index contributed by atoms with van der Waals surface area (Å²) in [5, 5.41) is 11.8. The second-order valence-corrected chi connectivity index (χ2v) is 3.68. The number of phenolic OH excluding ortho intramolecular Hbond substituents is 1. The molecule has 0 saturated carbocycles. The molecule has 0 aliphatic heterocycles. The van der Waals surface area contributed by atoms with Gasteiger partial charge in [0.1, 0.15) is 5.75 Å². The lowest BCUT2D eigenvalue weighted by Crippen LogP contribution is -2.15. The number of aromatic hydroxyl groups is 1. The topological polar surface area (TPSA) is 84.6 Å². The molecule has 0 spiro atoms. The van der Waals surface area contributed by atoms with E-state index in [1.54, 1.807) is 6.07 Å². The first-order valence-electron chi connectivity index (χ1n) is 5.59. The zero-order valence-corrected chi connectivity index (χ0v) is 9.90. The Bertz CT molecular complexity index is 380. The van der Waals surface area contributed by atoms with Crippen molar-refractivity contribution in [2.45, 2.75) is 19.8 Å². The van der Waals surface area contributed by atoms with E-state index >= 15 is 0 Å². The average molecular weight is 238 g/mol. The zero-order valence-electron chi connectivity index (χ0n) is 9.90. The van der Waals surface area contributed by atoms with Crippen LogP contribution in [0.1, 0.15) is 19.8 Å². The summed E-state index contributed by atoms with van der Waals surface area (Å²) in [4.78, 5) is 11.5. The molecule has 0 bridgehead atoms. The monoisotopic (exact) mass is 238 g/mol. The number of ether oxygens (including phenoxy) is 1. The summed E-state index contributed by atoms with van der Waals surface area (Å²) in [5.74, 6) is -0.0785. The third-order valence-corrected chi connectivity index (χ3v) is 2.13. The SMILES string of the molecule is CCCOCCC(=O)Nc1ccc(O)cc1N. The summed E-state index contributed by atoms with van der Waals surface area (Å²) in [6.07, 6.45) is 1.23. The highest BCUT2D eigenvalue weighted by Gasteiger charge is 2.05. The third-order valence-electron chi connectivity index (χ3n) is 2.13. The summed E-state index contributed by atoms with van der Waals surface area (Å²) in [6, 6.07) is 4.43. The smallest absolute Gasteiger partial charge is 0.226 e. The molecule has 0 fully saturated rings. The van der Waals surface area contributed by atoms with Gasteiger partial charge in [0.05, 0.1) is 24.4 Å². The molecule has 17 heavy (non-hydrogen) atoms. The van der Waals surface area contributed by atoms with Crippen LogP contribution in [0.25, 0.3) is 0 Å². The molecule has 0 aliphatic rings. The molecular weight excluding hydrogens is 220 g/mol. The molecule has 5 heteroatoms. The first kappa shape index (κ1) is 13.3. The lowest BCUT2D eigenvalue weighted by atomic mass is 10.2. The van der Waals surface area contributed by atoms with Crippen molar-refractivity contribution in [3.8, 4) is 5.75 Å². The van der Waals surface area contributed by atoms with Gasteiger partial charge in [0.15, 0.2) is 0 Å². The van der Waals surface area contributed by atoms with E-state index in [0.717, 1.165) is 6.42 Å². The molecule has 0 aromatic heterocycles. The number of benzene rings is 1. The first-order chi connectivity index (χ1) is 8.13. The van der Waals surface area contributed by atoms with E-state index in [0.29, 0.717) is 31.0 Å². The van der Waals surface area contributed by atoms with E-state index in [1.807, 2.05) is 6.92 Å². The minimum Gasteiger partial charge on any atom is -0.508 e. The average Bonchev–Trinajstić information content (AvgIpc) is 2.28. The Hall–Kier alpha value is -1.75. The van der Waals surface area contributed by atoms with Crippen molar-refractivity contribution in [3.63, 3.8) is 0 Å². The number of hydrogen-bond acceptors (Lipinski definition) is 4. The summed E-state index contributed by atoms with van der Waals surface area (Å²) in [5.41, 5.74) is 6.48. The van der Waals surface area contributed by atoms with Crippen LogP contribution in [0.5, 0.6) is 5.75 Å². The van der Waals surface area contributed by atoms with E-state index in [-0.39, 0.29) is 11.7 Å². The number of nitrogen functional groups attached to an aromatic ring is 1. The first-order valence-corrected chi connectivity index (χ1v) is 5.59. The molecule has 0 aliphatic carbocycles. The Morgan fingerprint density at radius 1 is 1.47 bits per heavy atom. The van der Waals surface area contributed by atoms with E-state index in [1.165, 1.54) is 12.1 Å². The van der Waals surface area contributed by atoms with Gasteiger partial charge in [0, 0.05) is 12.7 Å². The molecule has 94 valence electrons. The van der Waals surface area contributed by atoms with Crippen LogP contribution < -0.4 is 11.1 Å². The number of rotatable bonds is 6. The lowest BCUT2D eigenvalue weighted by molar-refractivity contribution is -0.117. The predicted molar refractivity (Wildman–Crippen MR) is 66.9 cm³/mol. The van der Waals surface area contributed by atoms with E-state index in [9.17, 15) is 4.79 Å². The van der Waals surface area contributed by atoms with Crippen molar-refractivity contribution >= 4 is 17.3 Å². The highest BCUT2D eigenvalue weighted by atomic mass is 16.5. The number of phenols is 1. The van der Waals surface area contributed by atoms with Crippen LogP contribution in [0.15, 0.2) is 18.2 Å². The van der Waals surface area contributed by atoms with Gasteiger partial charge in [-0.25, -0.2) is 0 Å². The van der Waals surface area contributed by atoms with Gasteiger partial charge in [-0.05, 0) is 18.6 Å². The molecule has 1 aromatic rings. The maximum atomic E-state index is 11.5. The minimum atomic E-state index is -0.154. The quantitative estimate of drug-likeness (QED) is 0.400. The maximum Gasteiger partial charge on any atom is 0.226 e. The molecule has 0 saturated heterocycles. The van der Waals surface area contributed by atoms with Crippen molar-refractivity contribution < 1.29 is 14.6 Å². The summed E-state index contributed by atoms with van der Waals surface area (Å²) >= 11 is 0. The van der Waals surface area contributed by atoms with Gasteiger partial charge in [-0.1, -0.05) is 6.92 Å². The van der Waals surface area contributed by atoms with Crippen LogP contribution in [0, 0.1) is 0 Å². The number of anilines is 2. The van der Waals surface area contributed by atoms with Gasteiger partial charge >= 0.3 is 0 Å². The second-order valence-electron chi connectivity index (χ2n) is 3.68. The predicted octanol–water partition coefficient (Wildman–Crippen LogP) is 1.73. The van der Waals surface area contributed by atoms with Crippen LogP contribution in [0.4, 0.5) is 11.4 Å². The Kier molecular flexibility index (Phi) is 5.29. The van der Waals surface area contributed by atoms with Crippen molar-refractivity contribution in [1.29, 1.82) is 0 Å². The Morgan fingerprint density at radius 3 is 2.88 bits per heavy atom. The number of hydrogen-bond donors (Lipinski definition) is 3. The fourth-order valence-corrected chi connectivity index (χ4v) is 1.29. The van der Waals surface area contributed by atoms with Crippen molar-refractivity contribution in [2.75, 3.05) is 24.3 Å². The van der Waals surface area contributed by atoms with Crippen molar-refractivity contribution in [1.82, 2.24) is 0 Å². The number of nitrogens with one attached hydrogen (secondary N) is 1. The van der Waals surface area contributed by atoms with Crippen molar-refractivity contribution in [3.05, 3.63) is 18.2 Å². The molecule has 0 unspecified atom stereocenters. The number of carbonyl (C=O) groups excluding carboxylic acids is 1. The zero-order chi connectivity index (χ0) is 12.7. The van der Waals surface area contributed by atoms with Crippen LogP contribution >= 0.6 is 0 Å². The largest absolute Gasteiger partial charge is 0.508 e. The van der Waals surface area contributed by atoms with Crippen LogP contribution in [-0.2, 0) is 9.53 Å². The van der Waals surface area contributed by atoms with Crippen LogP contribution in [0.3, 0.4) is 0 Å². The molecule has 0 atom stereocenters. The van der Waals surface area contributed by atoms with Gasteiger partial charge in [0.25, 0.3) is 0 Å². The van der Waals surface area contributed by atoms with E-state index in [4.69, 9.17) is 15.6 Å². The highest BCUT2D eigenvalue weighted by Crippen LogP contribution is 2.23. The minimum absolute atomic E-state index is 0.0757. The Balaban J connectivity index is 2.40. The Labute approximate surface area is 101 Å². The van der Waals surface area contributed by atoms with Crippen LogP contribution in [-0.4, -0.2) is 24.2 Å². The lowest BCUT2D eigenvalue weighted by Gasteiger charge is -2.08. The second kappa shape index (κ2) is 6.75. The van der Waals surface area contributed by atoms with Gasteiger partial charge in [0.2, 0.25) is 5.91 Å². The summed E-state index contributed by atoms with van der Waals surface area (Å²) in [6.45, 7) is 3.07. The number of carbonyl (C=O) groups is 1. The molecule has 5 nitrogen and oxygen atoms in total. The van der Waals surface area contributed by atoms with Gasteiger partial charge < -0.3 is 20.9 Å². The molecule has 1 amide bonds. The number of nitrogens with two attached hydrogens (primary N) is 1. The summed E-state index contributed by atoms with van der Waals surface area (Å²) < 4.78 is 5.21. The van der Waals surface area contributed by atoms with E-state index < -0.39 is 0 Å². The summed E-state index contributed by atoms with van der Waals surface area (Å²) in [7, 11) is 0. The van der Waals surface area contributed by atoms with E-state index in [2.05, 4.69) is 5.32 Å². The molecule has 0 heterocycles. The van der Waals surface area contributed by atoms with Gasteiger partial charge in [-0.15, -0.1) is 0 Å². The highest BCUT2D eigenvalue weighted by molar-refractivity contribution is 5.94. The number of amides is 1. The molecule has 0 radical (unpaired) electrons. The standard InChI is InChI=1S/C12H18N2O3/c1-2-6-17-7-5-12(16)14-11-4-3-9(15)8-10(11)13/h3-4,8,15H,2,5-7,13H2,1H3,(H,14,16). The molecular formula is C12H18N2O3. The molecule has 1 aromatic carbocycles. The van der Waals surface area contributed by atoms with Crippen LogP contribution in [0.2, 0.25) is 0 Å². The van der Waals surface area contributed by atoms with Crippen molar-refractivity contribution in [2.24, 2.45) is 0 Å². The fourth-order valence-electron chi connectivity index (χ4n) is 1.29. The van der Waals surface area contributed by atoms with Gasteiger partial charge in [-0.2, -0.15) is 0 Å². The fraction of sp³-hybridized carbons (Fsp3) is 0.417. The third kappa shape index (κ3) is 4.74. The maximum absolute atomic E-state index is 11.5. The molecule has 4 N–H and O–H groups in total.